The molecule has 0 saturated heterocycles. The molecule has 0 atom stereocenters. The van der Waals surface area contributed by atoms with Gasteiger partial charge in [-0.3, -0.25) is 19.6 Å². The number of hydrogen-bond donors (Lipinski definition) is 2. The molecule has 196 valence electrons. The lowest BCUT2D eigenvalue weighted by Crippen LogP contribution is -2.28. The van der Waals surface area contributed by atoms with Crippen LogP contribution < -0.4 is 11.1 Å². The maximum atomic E-state index is 14.2. The molecular weight excluding hydrogens is 497 g/mol. The zero-order valence-corrected chi connectivity index (χ0v) is 21.3. The van der Waals surface area contributed by atoms with Crippen LogP contribution in [0.15, 0.2) is 73.1 Å². The van der Waals surface area contributed by atoms with Crippen molar-refractivity contribution in [3.8, 4) is 0 Å². The Morgan fingerprint density at radius 2 is 1.85 bits per heavy atom. The Balaban J connectivity index is 1.28. The SMILES string of the molecule is CN(CCCc1ccccn1)C(=O)c1cnc2c(CNC(=O)c3nc(N)nc4c(F)cccc34)cccc2c1. The van der Waals surface area contributed by atoms with Crippen molar-refractivity contribution >= 4 is 39.6 Å². The van der Waals surface area contributed by atoms with Crippen molar-refractivity contribution in [3.05, 3.63) is 101 Å². The molecule has 2 aromatic carbocycles. The monoisotopic (exact) mass is 523 g/mol. The minimum atomic E-state index is -0.585. The van der Waals surface area contributed by atoms with E-state index < -0.39 is 11.7 Å². The highest BCUT2D eigenvalue weighted by Crippen LogP contribution is 2.21. The molecule has 0 unspecified atom stereocenters. The average Bonchev–Trinajstić information content (AvgIpc) is 2.95. The number of halogens is 1. The minimum absolute atomic E-state index is 0.0100. The number of carbonyl (C=O) groups is 2. The average molecular weight is 524 g/mol. The smallest absolute Gasteiger partial charge is 0.271 e. The van der Waals surface area contributed by atoms with Gasteiger partial charge in [-0.05, 0) is 42.7 Å². The predicted molar refractivity (Wildman–Crippen MR) is 146 cm³/mol. The number of nitrogen functional groups attached to an aromatic ring is 1. The first kappa shape index (κ1) is 25.7. The second-order valence-electron chi connectivity index (χ2n) is 9.11. The van der Waals surface area contributed by atoms with Crippen LogP contribution in [0, 0.1) is 5.82 Å². The summed E-state index contributed by atoms with van der Waals surface area (Å²) < 4.78 is 14.2. The number of aryl methyl sites for hydroxylation is 1. The highest BCUT2D eigenvalue weighted by Gasteiger charge is 2.17. The zero-order chi connectivity index (χ0) is 27.4. The van der Waals surface area contributed by atoms with E-state index >= 15 is 0 Å². The summed E-state index contributed by atoms with van der Waals surface area (Å²) in [6.07, 6.45) is 4.90. The molecule has 3 aromatic heterocycles. The van der Waals surface area contributed by atoms with E-state index in [2.05, 4.69) is 25.3 Å². The molecule has 0 radical (unpaired) electrons. The van der Waals surface area contributed by atoms with Gasteiger partial charge in [-0.2, -0.15) is 0 Å². The van der Waals surface area contributed by atoms with Crippen molar-refractivity contribution in [2.45, 2.75) is 19.4 Å². The summed E-state index contributed by atoms with van der Waals surface area (Å²) in [6.45, 7) is 0.732. The van der Waals surface area contributed by atoms with Crippen LogP contribution in [0.4, 0.5) is 10.3 Å². The largest absolute Gasteiger partial charge is 0.368 e. The standard InChI is InChI=1S/C29H26FN7O2/c1-37(14-6-10-21-9-2-3-13-32-21)28(39)20-15-18-7-4-8-19(24(18)33-17-20)16-34-27(38)26-22-11-5-12-23(30)25(22)35-29(31)36-26/h2-5,7-9,11-13,15,17H,6,10,14,16H2,1H3,(H,34,38)(H2,31,35,36). The van der Waals surface area contributed by atoms with Crippen molar-refractivity contribution in [1.82, 2.24) is 30.2 Å². The number of fused-ring (bicyclic) bond motifs is 2. The number of anilines is 1. The molecule has 2 amide bonds. The third-order valence-corrected chi connectivity index (χ3v) is 6.39. The molecule has 0 aliphatic carbocycles. The van der Waals surface area contributed by atoms with E-state index in [1.54, 1.807) is 36.5 Å². The summed E-state index contributed by atoms with van der Waals surface area (Å²) in [6, 6.07) is 17.4. The number of nitrogens with one attached hydrogen (secondary N) is 1. The van der Waals surface area contributed by atoms with Gasteiger partial charge in [0.1, 0.15) is 17.0 Å². The molecule has 10 heteroatoms. The van der Waals surface area contributed by atoms with Crippen molar-refractivity contribution in [1.29, 1.82) is 0 Å². The van der Waals surface area contributed by atoms with Crippen molar-refractivity contribution in [2.75, 3.05) is 19.3 Å². The van der Waals surface area contributed by atoms with Gasteiger partial charge in [-0.1, -0.05) is 36.4 Å². The highest BCUT2D eigenvalue weighted by atomic mass is 19.1. The molecule has 0 spiro atoms. The van der Waals surface area contributed by atoms with Crippen LogP contribution in [-0.2, 0) is 13.0 Å². The third-order valence-electron chi connectivity index (χ3n) is 6.39. The molecule has 0 saturated carbocycles. The van der Waals surface area contributed by atoms with Gasteiger partial charge in [-0.25, -0.2) is 14.4 Å². The Morgan fingerprint density at radius 1 is 1.00 bits per heavy atom. The van der Waals surface area contributed by atoms with Gasteiger partial charge in [0.15, 0.2) is 0 Å². The number of pyridine rings is 2. The van der Waals surface area contributed by atoms with Crippen LogP contribution in [0.25, 0.3) is 21.8 Å². The number of rotatable bonds is 8. The fourth-order valence-corrected chi connectivity index (χ4v) is 4.42. The van der Waals surface area contributed by atoms with Crippen LogP contribution in [0.5, 0.6) is 0 Å². The van der Waals surface area contributed by atoms with E-state index in [0.29, 0.717) is 17.6 Å². The fourth-order valence-electron chi connectivity index (χ4n) is 4.42. The number of para-hydroxylation sites is 2. The van der Waals surface area contributed by atoms with Crippen LogP contribution in [0.2, 0.25) is 0 Å². The Labute approximate surface area is 223 Å². The molecule has 5 aromatic rings. The van der Waals surface area contributed by atoms with Crippen molar-refractivity contribution < 1.29 is 14.0 Å². The minimum Gasteiger partial charge on any atom is -0.368 e. The summed E-state index contributed by atoms with van der Waals surface area (Å²) in [5.74, 6) is -1.41. The Hall–Kier alpha value is -4.99. The third kappa shape index (κ3) is 5.64. The molecule has 5 rings (SSSR count). The van der Waals surface area contributed by atoms with Gasteiger partial charge in [0.2, 0.25) is 5.95 Å². The van der Waals surface area contributed by atoms with Gasteiger partial charge in [0.05, 0.1) is 11.1 Å². The topological polar surface area (TPSA) is 127 Å². The lowest BCUT2D eigenvalue weighted by atomic mass is 10.1. The molecule has 39 heavy (non-hydrogen) atoms. The molecule has 0 aliphatic heterocycles. The van der Waals surface area contributed by atoms with Crippen molar-refractivity contribution in [3.63, 3.8) is 0 Å². The second-order valence-corrected chi connectivity index (χ2v) is 9.11. The highest BCUT2D eigenvalue weighted by molar-refractivity contribution is 6.05. The van der Waals surface area contributed by atoms with Crippen LogP contribution >= 0.6 is 0 Å². The summed E-state index contributed by atoms with van der Waals surface area (Å²) in [4.78, 5) is 44.5. The van der Waals surface area contributed by atoms with Gasteiger partial charge in [-0.15, -0.1) is 0 Å². The fraction of sp³-hybridized carbons (Fsp3) is 0.172. The number of hydrogen-bond acceptors (Lipinski definition) is 7. The summed E-state index contributed by atoms with van der Waals surface area (Å²) >= 11 is 0. The van der Waals surface area contributed by atoms with E-state index in [-0.39, 0.29) is 35.0 Å². The Bertz CT molecular complexity index is 1680. The van der Waals surface area contributed by atoms with Gasteiger partial charge >= 0.3 is 0 Å². The van der Waals surface area contributed by atoms with Crippen LogP contribution in [0.1, 0.15) is 38.5 Å². The molecule has 0 aliphatic rings. The van der Waals surface area contributed by atoms with E-state index in [1.807, 2.05) is 36.4 Å². The lowest BCUT2D eigenvalue weighted by Gasteiger charge is -2.17. The molecule has 3 heterocycles. The molecule has 0 fully saturated rings. The van der Waals surface area contributed by atoms with E-state index in [4.69, 9.17) is 5.73 Å². The predicted octanol–water partition coefficient (Wildman–Crippen LogP) is 3.93. The number of nitrogens with zero attached hydrogens (tertiary/aromatic N) is 5. The zero-order valence-electron chi connectivity index (χ0n) is 21.3. The first-order valence-electron chi connectivity index (χ1n) is 12.4. The maximum absolute atomic E-state index is 14.2. The Kier molecular flexibility index (Phi) is 7.35. The van der Waals surface area contributed by atoms with Crippen molar-refractivity contribution in [2.24, 2.45) is 0 Å². The number of nitrogens with two attached hydrogens (primary N) is 1. The number of carbonyl (C=O) groups excluding carboxylic acids is 2. The summed E-state index contributed by atoms with van der Waals surface area (Å²) in [5, 5.41) is 3.85. The lowest BCUT2D eigenvalue weighted by molar-refractivity contribution is 0.0793. The quantitative estimate of drug-likeness (QED) is 0.315. The first-order valence-corrected chi connectivity index (χ1v) is 12.4. The summed E-state index contributed by atoms with van der Waals surface area (Å²) in [5.41, 5.74) is 8.57. The van der Waals surface area contributed by atoms with Gasteiger partial charge in [0, 0.05) is 49.0 Å². The molecule has 3 N–H and O–H groups in total. The maximum Gasteiger partial charge on any atom is 0.271 e. The van der Waals surface area contributed by atoms with Crippen LogP contribution in [-0.4, -0.2) is 50.2 Å². The van der Waals surface area contributed by atoms with Gasteiger partial charge in [0.25, 0.3) is 11.8 Å². The Morgan fingerprint density at radius 3 is 2.67 bits per heavy atom. The summed E-state index contributed by atoms with van der Waals surface area (Å²) in [7, 11) is 1.77. The van der Waals surface area contributed by atoms with Crippen LogP contribution in [0.3, 0.4) is 0 Å². The number of amides is 2. The molecule has 9 nitrogen and oxygen atoms in total. The van der Waals surface area contributed by atoms with E-state index in [0.717, 1.165) is 29.5 Å². The van der Waals surface area contributed by atoms with E-state index in [1.165, 1.54) is 12.1 Å². The first-order chi connectivity index (χ1) is 18.9. The number of benzene rings is 2. The molecular formula is C29H26FN7O2. The molecule has 0 bridgehead atoms. The number of aromatic nitrogens is 4. The van der Waals surface area contributed by atoms with E-state index in [9.17, 15) is 14.0 Å². The van der Waals surface area contributed by atoms with Gasteiger partial charge < -0.3 is 16.0 Å². The normalized spacial score (nSPS) is 11.0. The second kappa shape index (κ2) is 11.2.